The van der Waals surface area contributed by atoms with Crippen molar-refractivity contribution in [1.82, 2.24) is 0 Å². The molecule has 44 heavy (non-hydrogen) atoms. The Morgan fingerprint density at radius 1 is 0.932 bits per heavy atom. The van der Waals surface area contributed by atoms with Crippen LogP contribution in [0, 0.1) is 16.0 Å². The van der Waals surface area contributed by atoms with E-state index in [0.717, 1.165) is 24.8 Å². The number of carbonyl (C=O) groups is 3. The molecule has 0 aliphatic carbocycles. The Morgan fingerprint density at radius 2 is 1.66 bits per heavy atom. The molecule has 0 amide bonds. The van der Waals surface area contributed by atoms with E-state index in [1.807, 2.05) is 31.2 Å². The Hall–Kier alpha value is -4.54. The first-order valence-electron chi connectivity index (χ1n) is 14.9. The topological polar surface area (TPSA) is 144 Å². The molecule has 0 N–H and O–H groups in total. The summed E-state index contributed by atoms with van der Waals surface area (Å²) in [5.41, 5.74) is 2.34. The minimum atomic E-state index is -0.939. The van der Waals surface area contributed by atoms with Crippen molar-refractivity contribution in [2.75, 3.05) is 26.4 Å². The van der Waals surface area contributed by atoms with Crippen molar-refractivity contribution < 1.29 is 38.3 Å². The number of carbonyl (C=O) groups excluding carboxylic acids is 3. The second kappa shape index (κ2) is 16.9. The average Bonchev–Trinajstić information content (AvgIpc) is 2.99. The van der Waals surface area contributed by atoms with Crippen LogP contribution in [0.5, 0.6) is 5.75 Å². The second-order valence-corrected chi connectivity index (χ2v) is 10.4. The summed E-state index contributed by atoms with van der Waals surface area (Å²) in [6.07, 6.45) is 3.14. The van der Waals surface area contributed by atoms with Crippen LogP contribution in [0.25, 0.3) is 0 Å². The molecule has 0 saturated carbocycles. The fourth-order valence-electron chi connectivity index (χ4n) is 5.01. The predicted octanol–water partition coefficient (Wildman–Crippen LogP) is 5.89. The van der Waals surface area contributed by atoms with E-state index in [0.29, 0.717) is 48.8 Å². The number of nitro benzene ring substituents is 1. The Morgan fingerprint density at radius 3 is 2.34 bits per heavy atom. The molecule has 2 aromatic rings. The molecular formula is C33H40N2O9. The minimum Gasteiger partial charge on any atom is -0.493 e. The van der Waals surface area contributed by atoms with E-state index in [1.165, 1.54) is 18.2 Å². The lowest BCUT2D eigenvalue weighted by Crippen LogP contribution is -2.36. The molecule has 0 bridgehead atoms. The summed E-state index contributed by atoms with van der Waals surface area (Å²) in [5.74, 6) is -2.53. The summed E-state index contributed by atoms with van der Waals surface area (Å²) in [7, 11) is 0. The van der Waals surface area contributed by atoms with E-state index in [4.69, 9.17) is 18.9 Å². The molecule has 0 fully saturated rings. The smallest absolute Gasteiger partial charge is 0.336 e. The molecule has 2 atom stereocenters. The monoisotopic (exact) mass is 608 g/mol. The summed E-state index contributed by atoms with van der Waals surface area (Å²) in [5, 5.41) is 11.5. The number of nitro groups is 1. The lowest BCUT2D eigenvalue weighted by atomic mass is 9.75. The largest absolute Gasteiger partial charge is 0.493 e. The van der Waals surface area contributed by atoms with Crippen LogP contribution in [0.4, 0.5) is 5.69 Å². The molecular weight excluding hydrogens is 568 g/mol. The van der Waals surface area contributed by atoms with E-state index in [-0.39, 0.29) is 30.4 Å². The number of ether oxygens (including phenoxy) is 4. The molecule has 1 aliphatic heterocycles. The third kappa shape index (κ3) is 9.48. The van der Waals surface area contributed by atoms with Crippen molar-refractivity contribution in [2.24, 2.45) is 10.9 Å². The fourth-order valence-corrected chi connectivity index (χ4v) is 5.01. The predicted molar refractivity (Wildman–Crippen MR) is 163 cm³/mol. The van der Waals surface area contributed by atoms with Gasteiger partial charge >= 0.3 is 17.9 Å². The number of hydrogen-bond donors (Lipinski definition) is 0. The van der Waals surface area contributed by atoms with E-state index >= 15 is 0 Å². The quantitative estimate of drug-likeness (QED) is 0.0748. The van der Waals surface area contributed by atoms with Crippen LogP contribution in [0.15, 0.2) is 64.8 Å². The SMILES string of the molecule is CCCC(=O)OCCCc1ccc(OCCCOC(=O)C2=C(C)N=C(C)C(C(=O)OCC)C2c2cccc([N+](=O)[O-])c2)cc1. The van der Waals surface area contributed by atoms with E-state index < -0.39 is 28.7 Å². The summed E-state index contributed by atoms with van der Waals surface area (Å²) in [6, 6.07) is 13.5. The van der Waals surface area contributed by atoms with Gasteiger partial charge in [-0.2, -0.15) is 0 Å². The van der Waals surface area contributed by atoms with Crippen LogP contribution in [-0.4, -0.2) is 55.0 Å². The van der Waals surface area contributed by atoms with E-state index in [9.17, 15) is 24.5 Å². The van der Waals surface area contributed by atoms with Gasteiger partial charge in [0.25, 0.3) is 5.69 Å². The molecule has 236 valence electrons. The Balaban J connectivity index is 1.59. The van der Waals surface area contributed by atoms with Gasteiger partial charge in [0.05, 0.1) is 36.9 Å². The number of aryl methyl sites for hydroxylation is 1. The third-order valence-corrected chi connectivity index (χ3v) is 7.07. The molecule has 3 rings (SSSR count). The van der Waals surface area contributed by atoms with Crippen LogP contribution in [0.3, 0.4) is 0 Å². The lowest BCUT2D eigenvalue weighted by molar-refractivity contribution is -0.384. The van der Waals surface area contributed by atoms with Crippen molar-refractivity contribution in [3.05, 3.63) is 81.0 Å². The molecule has 0 radical (unpaired) electrons. The Bertz CT molecular complexity index is 1380. The maximum absolute atomic E-state index is 13.4. The normalized spacial score (nSPS) is 16.1. The highest BCUT2D eigenvalue weighted by atomic mass is 16.6. The first kappa shape index (κ1) is 34.0. The number of nitrogens with zero attached hydrogens (tertiary/aromatic N) is 2. The van der Waals surface area contributed by atoms with Gasteiger partial charge in [0.1, 0.15) is 11.7 Å². The molecule has 0 aromatic heterocycles. The number of rotatable bonds is 16. The highest BCUT2D eigenvalue weighted by molar-refractivity contribution is 6.07. The Labute approximate surface area is 257 Å². The van der Waals surface area contributed by atoms with Crippen molar-refractivity contribution in [1.29, 1.82) is 0 Å². The van der Waals surface area contributed by atoms with Gasteiger partial charge in [-0.1, -0.05) is 31.2 Å². The first-order valence-corrected chi connectivity index (χ1v) is 14.9. The van der Waals surface area contributed by atoms with Crippen LogP contribution < -0.4 is 4.74 Å². The van der Waals surface area contributed by atoms with Crippen LogP contribution in [0.2, 0.25) is 0 Å². The lowest BCUT2D eigenvalue weighted by Gasteiger charge is -2.31. The van der Waals surface area contributed by atoms with Crippen LogP contribution >= 0.6 is 0 Å². The number of allylic oxidation sites excluding steroid dienone is 1. The maximum Gasteiger partial charge on any atom is 0.336 e. The van der Waals surface area contributed by atoms with E-state index in [1.54, 1.807) is 26.8 Å². The van der Waals surface area contributed by atoms with Crippen LogP contribution in [-0.2, 0) is 35.0 Å². The van der Waals surface area contributed by atoms with Crippen LogP contribution in [0.1, 0.15) is 70.4 Å². The Kier molecular flexibility index (Phi) is 13.1. The van der Waals surface area contributed by atoms with Gasteiger partial charge in [0.15, 0.2) is 0 Å². The van der Waals surface area contributed by atoms with Crippen molar-refractivity contribution in [3.8, 4) is 5.75 Å². The molecule has 0 saturated heterocycles. The number of non-ortho nitro benzene ring substituents is 1. The molecule has 11 nitrogen and oxygen atoms in total. The van der Waals surface area contributed by atoms with Gasteiger partial charge in [0, 0.05) is 42.3 Å². The number of esters is 3. The van der Waals surface area contributed by atoms with Crippen molar-refractivity contribution in [2.45, 2.75) is 65.7 Å². The molecule has 0 spiro atoms. The van der Waals surface area contributed by atoms with Gasteiger partial charge in [-0.05, 0) is 63.3 Å². The highest BCUT2D eigenvalue weighted by Crippen LogP contribution is 2.41. The van der Waals surface area contributed by atoms with Gasteiger partial charge in [-0.15, -0.1) is 0 Å². The molecule has 2 unspecified atom stereocenters. The van der Waals surface area contributed by atoms with Gasteiger partial charge in [0.2, 0.25) is 0 Å². The van der Waals surface area contributed by atoms with Gasteiger partial charge < -0.3 is 18.9 Å². The molecule has 11 heteroatoms. The molecule has 1 heterocycles. The standard InChI is InChI=1S/C33H40N2O9/c1-5-10-28(36)43-18-8-11-24-14-16-27(17-15-24)42-19-9-20-44-33(38)30-23(4)34-22(3)29(32(37)41-6-2)31(30)25-12-7-13-26(21-25)35(39)40/h7,12-17,21,29,31H,5-6,8-11,18-20H2,1-4H3. The number of hydrogen-bond acceptors (Lipinski definition) is 10. The summed E-state index contributed by atoms with van der Waals surface area (Å²) in [6.45, 7) is 7.82. The molecule has 1 aliphatic rings. The summed E-state index contributed by atoms with van der Waals surface area (Å²) < 4.78 is 21.8. The van der Waals surface area contributed by atoms with Crippen molar-refractivity contribution in [3.63, 3.8) is 0 Å². The maximum atomic E-state index is 13.4. The van der Waals surface area contributed by atoms with E-state index in [2.05, 4.69) is 4.99 Å². The third-order valence-electron chi connectivity index (χ3n) is 7.07. The average molecular weight is 609 g/mol. The zero-order valence-electron chi connectivity index (χ0n) is 25.7. The van der Waals surface area contributed by atoms with Gasteiger partial charge in [-0.3, -0.25) is 24.7 Å². The number of aliphatic imine (C=N–C) groups is 1. The zero-order chi connectivity index (χ0) is 32.1. The number of benzene rings is 2. The summed E-state index contributed by atoms with van der Waals surface area (Å²) >= 11 is 0. The summed E-state index contributed by atoms with van der Waals surface area (Å²) in [4.78, 5) is 53.2. The highest BCUT2D eigenvalue weighted by Gasteiger charge is 2.42. The fraction of sp³-hybridized carbons (Fsp3) is 0.455. The molecule has 2 aromatic carbocycles. The zero-order valence-corrected chi connectivity index (χ0v) is 25.7. The minimum absolute atomic E-state index is 0.0544. The van der Waals surface area contributed by atoms with Crippen molar-refractivity contribution >= 4 is 29.3 Å². The first-order chi connectivity index (χ1) is 21.2. The second-order valence-electron chi connectivity index (χ2n) is 10.4. The van der Waals surface area contributed by atoms with Gasteiger partial charge in [-0.25, -0.2) is 4.79 Å².